The number of carbonyl (C=O) groups is 1. The molecule has 88 valence electrons. The lowest BCUT2D eigenvalue weighted by Gasteiger charge is -2.02. The summed E-state index contributed by atoms with van der Waals surface area (Å²) >= 11 is 0. The molecule has 5 nitrogen and oxygen atoms in total. The van der Waals surface area contributed by atoms with Gasteiger partial charge in [-0.25, -0.2) is 8.78 Å². The van der Waals surface area contributed by atoms with Crippen LogP contribution >= 0.6 is 0 Å². The first-order valence-electron chi connectivity index (χ1n) is 4.71. The molecule has 2 rings (SSSR count). The predicted molar refractivity (Wildman–Crippen MR) is 55.4 cm³/mol. The molecule has 2 aromatic rings. The lowest BCUT2D eigenvalue weighted by atomic mass is 10.2. The molecule has 0 radical (unpaired) electrons. The number of amides is 1. The van der Waals surface area contributed by atoms with Gasteiger partial charge in [0.05, 0.1) is 5.56 Å². The van der Waals surface area contributed by atoms with Crippen LogP contribution in [-0.4, -0.2) is 21.1 Å². The van der Waals surface area contributed by atoms with Crippen molar-refractivity contribution >= 4 is 11.9 Å². The second kappa shape index (κ2) is 4.28. The summed E-state index contributed by atoms with van der Waals surface area (Å²) in [5.41, 5.74) is -0.396. The number of aromatic nitrogens is 3. The van der Waals surface area contributed by atoms with Crippen LogP contribution in [0.25, 0.3) is 0 Å². The third kappa shape index (κ3) is 2.44. The van der Waals surface area contributed by atoms with E-state index in [2.05, 4.69) is 20.5 Å². The lowest BCUT2D eigenvalue weighted by molar-refractivity contribution is 0.102. The van der Waals surface area contributed by atoms with Gasteiger partial charge in [0.2, 0.25) is 5.95 Å². The minimum absolute atomic E-state index is 0.0103. The first kappa shape index (κ1) is 11.2. The number of aromatic amines is 1. The molecule has 0 aliphatic heterocycles. The molecule has 0 bridgehead atoms. The van der Waals surface area contributed by atoms with E-state index in [0.717, 1.165) is 18.2 Å². The van der Waals surface area contributed by atoms with Gasteiger partial charge in [-0.1, -0.05) is 0 Å². The number of nitrogens with one attached hydrogen (secondary N) is 2. The van der Waals surface area contributed by atoms with E-state index in [1.54, 1.807) is 6.92 Å². The smallest absolute Gasteiger partial charge is 0.261 e. The number of carbonyl (C=O) groups excluding carboxylic acids is 1. The molecule has 0 atom stereocenters. The van der Waals surface area contributed by atoms with E-state index < -0.39 is 23.1 Å². The summed E-state index contributed by atoms with van der Waals surface area (Å²) in [6.45, 7) is 1.64. The highest BCUT2D eigenvalue weighted by Crippen LogP contribution is 2.11. The van der Waals surface area contributed by atoms with Gasteiger partial charge >= 0.3 is 0 Å². The Bertz CT molecular complexity index is 567. The maximum absolute atomic E-state index is 13.3. The van der Waals surface area contributed by atoms with Gasteiger partial charge in [-0.3, -0.25) is 15.2 Å². The zero-order valence-electron chi connectivity index (χ0n) is 8.79. The Morgan fingerprint density at radius 3 is 2.82 bits per heavy atom. The lowest BCUT2D eigenvalue weighted by Crippen LogP contribution is -2.15. The number of hydrogen-bond donors (Lipinski definition) is 2. The van der Waals surface area contributed by atoms with Crippen LogP contribution in [0.15, 0.2) is 18.2 Å². The average Bonchev–Trinajstić information content (AvgIpc) is 2.67. The van der Waals surface area contributed by atoms with Crippen LogP contribution in [-0.2, 0) is 0 Å². The molecule has 1 heterocycles. The Morgan fingerprint density at radius 2 is 2.18 bits per heavy atom. The topological polar surface area (TPSA) is 70.7 Å². The van der Waals surface area contributed by atoms with Crippen molar-refractivity contribution in [3.8, 4) is 0 Å². The molecule has 0 saturated carbocycles. The van der Waals surface area contributed by atoms with Gasteiger partial charge in [0.15, 0.2) is 0 Å². The maximum Gasteiger partial charge on any atom is 0.261 e. The standard InChI is InChI=1S/C10H8F2N4O/c1-5-13-10(16-15-5)14-9(17)7-4-6(11)2-3-8(7)12/h2-4H,1H3,(H2,13,14,15,16,17). The van der Waals surface area contributed by atoms with Crippen molar-refractivity contribution in [1.29, 1.82) is 0 Å². The molecule has 2 N–H and O–H groups in total. The highest BCUT2D eigenvalue weighted by Gasteiger charge is 2.14. The Kier molecular flexibility index (Phi) is 2.82. The van der Waals surface area contributed by atoms with Crippen LogP contribution in [0.2, 0.25) is 0 Å². The Hall–Kier alpha value is -2.31. The van der Waals surface area contributed by atoms with Crippen molar-refractivity contribution in [2.45, 2.75) is 6.92 Å². The van der Waals surface area contributed by atoms with Crippen LogP contribution in [0.5, 0.6) is 0 Å². The van der Waals surface area contributed by atoms with E-state index in [9.17, 15) is 13.6 Å². The zero-order chi connectivity index (χ0) is 12.4. The molecular formula is C10H8F2N4O. The van der Waals surface area contributed by atoms with E-state index in [-0.39, 0.29) is 5.95 Å². The third-order valence-electron chi connectivity index (χ3n) is 2.00. The summed E-state index contributed by atoms with van der Waals surface area (Å²) in [7, 11) is 0. The molecule has 1 aromatic carbocycles. The highest BCUT2D eigenvalue weighted by molar-refractivity contribution is 6.03. The third-order valence-corrected chi connectivity index (χ3v) is 2.00. The van der Waals surface area contributed by atoms with Crippen LogP contribution < -0.4 is 5.32 Å². The SMILES string of the molecule is Cc1nc(NC(=O)c2cc(F)ccc2F)n[nH]1. The van der Waals surface area contributed by atoms with E-state index in [4.69, 9.17) is 0 Å². The van der Waals surface area contributed by atoms with Gasteiger partial charge < -0.3 is 0 Å². The molecule has 7 heteroatoms. The Morgan fingerprint density at radius 1 is 1.41 bits per heavy atom. The zero-order valence-corrected chi connectivity index (χ0v) is 8.79. The first-order chi connectivity index (χ1) is 8.06. The van der Waals surface area contributed by atoms with Gasteiger partial charge in [0, 0.05) is 0 Å². The molecule has 0 saturated heterocycles. The monoisotopic (exact) mass is 238 g/mol. The number of nitrogens with zero attached hydrogens (tertiary/aromatic N) is 2. The van der Waals surface area contributed by atoms with Crippen molar-refractivity contribution < 1.29 is 13.6 Å². The number of hydrogen-bond acceptors (Lipinski definition) is 3. The molecule has 0 fully saturated rings. The second-order valence-electron chi connectivity index (χ2n) is 3.32. The Balaban J connectivity index is 2.22. The minimum atomic E-state index is -0.809. The van der Waals surface area contributed by atoms with E-state index in [1.807, 2.05) is 0 Å². The largest absolute Gasteiger partial charge is 0.289 e. The van der Waals surface area contributed by atoms with Gasteiger partial charge in [-0.05, 0) is 25.1 Å². The summed E-state index contributed by atoms with van der Waals surface area (Å²) in [6.07, 6.45) is 0. The van der Waals surface area contributed by atoms with Crippen molar-refractivity contribution in [2.24, 2.45) is 0 Å². The second-order valence-corrected chi connectivity index (χ2v) is 3.32. The fourth-order valence-electron chi connectivity index (χ4n) is 1.24. The van der Waals surface area contributed by atoms with Gasteiger partial charge in [-0.2, -0.15) is 4.98 Å². The average molecular weight is 238 g/mol. The molecule has 1 aromatic heterocycles. The number of H-pyrrole nitrogens is 1. The van der Waals surface area contributed by atoms with Gasteiger partial charge in [0.1, 0.15) is 17.5 Å². The summed E-state index contributed by atoms with van der Waals surface area (Å²) in [4.78, 5) is 15.4. The number of benzene rings is 1. The number of aryl methyl sites for hydroxylation is 1. The molecule has 0 aliphatic rings. The van der Waals surface area contributed by atoms with Crippen LogP contribution in [0, 0.1) is 18.6 Å². The van der Waals surface area contributed by atoms with Crippen molar-refractivity contribution in [3.05, 3.63) is 41.2 Å². The maximum atomic E-state index is 13.3. The molecule has 17 heavy (non-hydrogen) atoms. The number of anilines is 1. The van der Waals surface area contributed by atoms with Crippen LogP contribution in [0.4, 0.5) is 14.7 Å². The Labute approximate surface area is 94.9 Å². The molecule has 1 amide bonds. The van der Waals surface area contributed by atoms with Gasteiger partial charge in [0.25, 0.3) is 5.91 Å². The summed E-state index contributed by atoms with van der Waals surface area (Å²) in [6, 6.07) is 2.63. The minimum Gasteiger partial charge on any atom is -0.289 e. The molecule has 0 unspecified atom stereocenters. The fourth-order valence-corrected chi connectivity index (χ4v) is 1.24. The number of rotatable bonds is 2. The quantitative estimate of drug-likeness (QED) is 0.835. The van der Waals surface area contributed by atoms with Crippen molar-refractivity contribution in [2.75, 3.05) is 5.32 Å². The van der Waals surface area contributed by atoms with E-state index in [1.165, 1.54) is 0 Å². The van der Waals surface area contributed by atoms with Crippen molar-refractivity contribution in [1.82, 2.24) is 15.2 Å². The fraction of sp³-hybridized carbons (Fsp3) is 0.100. The van der Waals surface area contributed by atoms with E-state index in [0.29, 0.717) is 5.82 Å². The highest BCUT2D eigenvalue weighted by atomic mass is 19.1. The normalized spacial score (nSPS) is 10.3. The molecular weight excluding hydrogens is 230 g/mol. The predicted octanol–water partition coefficient (Wildman–Crippen LogP) is 1.64. The summed E-state index contributed by atoms with van der Waals surface area (Å²) in [5.74, 6) is -1.80. The summed E-state index contributed by atoms with van der Waals surface area (Å²) < 4.78 is 26.1. The van der Waals surface area contributed by atoms with Crippen molar-refractivity contribution in [3.63, 3.8) is 0 Å². The summed E-state index contributed by atoms with van der Waals surface area (Å²) in [5, 5.41) is 8.40. The molecule has 0 aliphatic carbocycles. The van der Waals surface area contributed by atoms with Gasteiger partial charge in [-0.15, -0.1) is 5.10 Å². The molecule has 0 spiro atoms. The number of halogens is 2. The first-order valence-corrected chi connectivity index (χ1v) is 4.71. The van der Waals surface area contributed by atoms with Crippen LogP contribution in [0.3, 0.4) is 0 Å². The van der Waals surface area contributed by atoms with E-state index >= 15 is 0 Å². The van der Waals surface area contributed by atoms with Crippen LogP contribution in [0.1, 0.15) is 16.2 Å².